The number of benzene rings is 1. The standard InChI is InChI=1S/C14H14ClFN2OS/c1-2-17-10-6-12(14-18-7-13(15)20-14)19-11-5-8(16)3-4-9(10)11/h3-5,7,10,12,17H,2,6H2,1H3. The predicted octanol–water partition coefficient (Wildman–Crippen LogP) is 4.11. The maximum absolute atomic E-state index is 13.4. The van der Waals surface area contributed by atoms with Crippen molar-refractivity contribution in [3.63, 3.8) is 0 Å². The lowest BCUT2D eigenvalue weighted by molar-refractivity contribution is 0.151. The van der Waals surface area contributed by atoms with Crippen LogP contribution >= 0.6 is 22.9 Å². The Kier molecular flexibility index (Phi) is 3.92. The van der Waals surface area contributed by atoms with Crippen LogP contribution in [0.15, 0.2) is 24.4 Å². The first-order valence-electron chi connectivity index (χ1n) is 6.48. The molecule has 0 saturated heterocycles. The van der Waals surface area contributed by atoms with Crippen molar-refractivity contribution in [1.82, 2.24) is 10.3 Å². The predicted molar refractivity (Wildman–Crippen MR) is 77.9 cm³/mol. The summed E-state index contributed by atoms with van der Waals surface area (Å²) >= 11 is 7.33. The lowest BCUT2D eigenvalue weighted by Gasteiger charge is -2.31. The molecule has 2 aromatic rings. The topological polar surface area (TPSA) is 34.2 Å². The van der Waals surface area contributed by atoms with E-state index in [4.69, 9.17) is 16.3 Å². The van der Waals surface area contributed by atoms with Gasteiger partial charge in [0.25, 0.3) is 0 Å². The molecule has 0 spiro atoms. The smallest absolute Gasteiger partial charge is 0.152 e. The zero-order valence-corrected chi connectivity index (χ0v) is 12.5. The van der Waals surface area contributed by atoms with Gasteiger partial charge in [-0.1, -0.05) is 24.6 Å². The maximum Gasteiger partial charge on any atom is 0.152 e. The molecule has 1 aromatic carbocycles. The number of halogens is 2. The van der Waals surface area contributed by atoms with E-state index in [0.29, 0.717) is 10.1 Å². The molecule has 1 aliphatic heterocycles. The minimum atomic E-state index is -0.295. The maximum atomic E-state index is 13.4. The van der Waals surface area contributed by atoms with Crippen molar-refractivity contribution in [2.24, 2.45) is 0 Å². The van der Waals surface area contributed by atoms with Crippen LogP contribution in [0.1, 0.15) is 36.1 Å². The van der Waals surface area contributed by atoms with Crippen molar-refractivity contribution in [3.8, 4) is 5.75 Å². The van der Waals surface area contributed by atoms with Gasteiger partial charge in [0, 0.05) is 24.1 Å². The van der Waals surface area contributed by atoms with E-state index < -0.39 is 0 Å². The summed E-state index contributed by atoms with van der Waals surface area (Å²) in [5, 5.41) is 4.23. The molecule has 0 fully saturated rings. The van der Waals surface area contributed by atoms with E-state index in [9.17, 15) is 4.39 Å². The van der Waals surface area contributed by atoms with E-state index in [2.05, 4.69) is 10.3 Å². The summed E-state index contributed by atoms with van der Waals surface area (Å²) in [6, 6.07) is 4.81. The van der Waals surface area contributed by atoms with Crippen LogP contribution in [-0.2, 0) is 0 Å². The van der Waals surface area contributed by atoms with E-state index in [-0.39, 0.29) is 18.0 Å². The number of fused-ring (bicyclic) bond motifs is 1. The molecule has 2 unspecified atom stereocenters. The number of hydrogen-bond donors (Lipinski definition) is 1. The van der Waals surface area contributed by atoms with Gasteiger partial charge in [0.1, 0.15) is 20.9 Å². The van der Waals surface area contributed by atoms with Gasteiger partial charge in [-0.15, -0.1) is 11.3 Å². The molecule has 0 aliphatic carbocycles. The Morgan fingerprint density at radius 1 is 1.55 bits per heavy atom. The second kappa shape index (κ2) is 5.68. The molecule has 106 valence electrons. The Bertz CT molecular complexity index is 619. The van der Waals surface area contributed by atoms with Crippen LogP contribution in [0.4, 0.5) is 4.39 Å². The first-order chi connectivity index (χ1) is 9.67. The first kappa shape index (κ1) is 13.8. The molecule has 2 heterocycles. The molecule has 6 heteroatoms. The van der Waals surface area contributed by atoms with Gasteiger partial charge < -0.3 is 10.1 Å². The molecule has 0 amide bonds. The first-order valence-corrected chi connectivity index (χ1v) is 7.67. The van der Waals surface area contributed by atoms with Gasteiger partial charge in [0.05, 0.1) is 6.20 Å². The summed E-state index contributed by atoms with van der Waals surface area (Å²) in [5.41, 5.74) is 0.993. The summed E-state index contributed by atoms with van der Waals surface area (Å²) in [6.07, 6.45) is 2.19. The molecule has 0 radical (unpaired) electrons. The number of hydrogen-bond acceptors (Lipinski definition) is 4. The Hall–Kier alpha value is -1.17. The Morgan fingerprint density at radius 3 is 3.10 bits per heavy atom. The Balaban J connectivity index is 1.94. The monoisotopic (exact) mass is 312 g/mol. The Morgan fingerprint density at radius 2 is 2.40 bits per heavy atom. The number of rotatable bonds is 3. The van der Waals surface area contributed by atoms with Gasteiger partial charge >= 0.3 is 0 Å². The highest BCUT2D eigenvalue weighted by atomic mass is 35.5. The van der Waals surface area contributed by atoms with E-state index in [1.165, 1.54) is 23.5 Å². The molecule has 1 aromatic heterocycles. The van der Waals surface area contributed by atoms with E-state index in [1.807, 2.05) is 6.92 Å². The summed E-state index contributed by atoms with van der Waals surface area (Å²) < 4.78 is 19.9. The average molecular weight is 313 g/mol. The summed E-state index contributed by atoms with van der Waals surface area (Å²) in [5.74, 6) is 0.287. The zero-order chi connectivity index (χ0) is 14.1. The van der Waals surface area contributed by atoms with Crippen LogP contribution in [0.25, 0.3) is 0 Å². The SMILES string of the molecule is CCNC1CC(c2ncc(Cl)s2)Oc2cc(F)ccc21. The minimum absolute atomic E-state index is 0.136. The van der Waals surface area contributed by atoms with Gasteiger partial charge in [-0.3, -0.25) is 0 Å². The quantitative estimate of drug-likeness (QED) is 0.926. The third kappa shape index (κ3) is 2.66. The molecular weight excluding hydrogens is 299 g/mol. The number of nitrogens with one attached hydrogen (secondary N) is 1. The summed E-state index contributed by atoms with van der Waals surface area (Å²) in [7, 11) is 0. The lowest BCUT2D eigenvalue weighted by atomic mass is 9.96. The number of thiazole rings is 1. The van der Waals surface area contributed by atoms with Crippen molar-refractivity contribution in [2.45, 2.75) is 25.5 Å². The van der Waals surface area contributed by atoms with Crippen LogP contribution < -0.4 is 10.1 Å². The van der Waals surface area contributed by atoms with Crippen molar-refractivity contribution < 1.29 is 9.13 Å². The van der Waals surface area contributed by atoms with Crippen LogP contribution in [0.5, 0.6) is 5.75 Å². The van der Waals surface area contributed by atoms with E-state index >= 15 is 0 Å². The number of nitrogens with zero attached hydrogens (tertiary/aromatic N) is 1. The third-order valence-corrected chi connectivity index (χ3v) is 4.50. The van der Waals surface area contributed by atoms with Crippen LogP contribution in [-0.4, -0.2) is 11.5 Å². The van der Waals surface area contributed by atoms with Crippen molar-refractivity contribution in [3.05, 3.63) is 45.1 Å². The normalized spacial score (nSPS) is 21.4. The second-order valence-electron chi connectivity index (χ2n) is 4.64. The highest BCUT2D eigenvalue weighted by Crippen LogP contribution is 2.42. The fraction of sp³-hybridized carbons (Fsp3) is 0.357. The third-order valence-electron chi connectivity index (χ3n) is 3.29. The van der Waals surface area contributed by atoms with Gasteiger partial charge in [0.2, 0.25) is 0 Å². The molecule has 0 bridgehead atoms. The van der Waals surface area contributed by atoms with Gasteiger partial charge in [-0.2, -0.15) is 0 Å². The number of aromatic nitrogens is 1. The average Bonchev–Trinajstić information content (AvgIpc) is 2.85. The molecular formula is C14H14ClFN2OS. The van der Waals surface area contributed by atoms with Crippen molar-refractivity contribution in [2.75, 3.05) is 6.54 Å². The molecule has 1 aliphatic rings. The summed E-state index contributed by atoms with van der Waals surface area (Å²) in [6.45, 7) is 2.89. The fourth-order valence-corrected chi connectivity index (χ4v) is 3.42. The van der Waals surface area contributed by atoms with E-state index in [1.54, 1.807) is 12.3 Å². The van der Waals surface area contributed by atoms with E-state index in [0.717, 1.165) is 23.5 Å². The lowest BCUT2D eigenvalue weighted by Crippen LogP contribution is -2.29. The highest BCUT2D eigenvalue weighted by molar-refractivity contribution is 7.15. The Labute approximate surface area is 125 Å². The summed E-state index contributed by atoms with van der Waals surface area (Å²) in [4.78, 5) is 4.27. The van der Waals surface area contributed by atoms with Crippen molar-refractivity contribution in [1.29, 1.82) is 0 Å². The van der Waals surface area contributed by atoms with Crippen molar-refractivity contribution >= 4 is 22.9 Å². The van der Waals surface area contributed by atoms with Gasteiger partial charge in [0.15, 0.2) is 6.10 Å². The van der Waals surface area contributed by atoms with Crippen LogP contribution in [0.2, 0.25) is 4.34 Å². The molecule has 0 saturated carbocycles. The molecule has 20 heavy (non-hydrogen) atoms. The minimum Gasteiger partial charge on any atom is -0.483 e. The number of ether oxygens (including phenoxy) is 1. The zero-order valence-electron chi connectivity index (χ0n) is 10.9. The van der Waals surface area contributed by atoms with Crippen LogP contribution in [0, 0.1) is 5.82 Å². The van der Waals surface area contributed by atoms with Gasteiger partial charge in [-0.25, -0.2) is 9.37 Å². The molecule has 3 nitrogen and oxygen atoms in total. The highest BCUT2D eigenvalue weighted by Gasteiger charge is 2.30. The second-order valence-corrected chi connectivity index (χ2v) is 6.33. The van der Waals surface area contributed by atoms with Gasteiger partial charge in [-0.05, 0) is 12.6 Å². The molecule has 2 atom stereocenters. The van der Waals surface area contributed by atoms with Crippen LogP contribution in [0.3, 0.4) is 0 Å². The molecule has 3 rings (SSSR count). The molecule has 1 N–H and O–H groups in total. The fourth-order valence-electron chi connectivity index (χ4n) is 2.45. The largest absolute Gasteiger partial charge is 0.483 e.